The van der Waals surface area contributed by atoms with Gasteiger partial charge in [-0.15, -0.1) is 0 Å². The van der Waals surface area contributed by atoms with Crippen LogP contribution in [0.2, 0.25) is 10.0 Å². The number of nitrogens with zero attached hydrogens (tertiary/aromatic N) is 1. The molecule has 156 valence electrons. The smallest absolute Gasteiger partial charge is 0.329 e. The highest BCUT2D eigenvalue weighted by Gasteiger charge is 2.46. The quantitative estimate of drug-likeness (QED) is 0.338. The van der Waals surface area contributed by atoms with Crippen LogP contribution in [0.3, 0.4) is 0 Å². The summed E-state index contributed by atoms with van der Waals surface area (Å²) >= 11 is 15.5. The number of imide groups is 1. The van der Waals surface area contributed by atoms with Crippen molar-refractivity contribution in [2.24, 2.45) is 5.92 Å². The Labute approximate surface area is 197 Å². The highest BCUT2D eigenvalue weighted by Crippen LogP contribution is 2.35. The number of Topliss-reactive ketones (excluding diaryl/α,β-unsaturated/α-hetero) is 1. The van der Waals surface area contributed by atoms with Crippen LogP contribution in [0.4, 0.5) is 10.5 Å². The molecule has 5 nitrogen and oxygen atoms in total. The number of benzene rings is 3. The summed E-state index contributed by atoms with van der Waals surface area (Å²) in [7, 11) is 0. The molecule has 1 fully saturated rings. The summed E-state index contributed by atoms with van der Waals surface area (Å²) < 4.78 is 0.805. The minimum Gasteiger partial charge on any atom is -0.329 e. The van der Waals surface area contributed by atoms with Gasteiger partial charge in [-0.3, -0.25) is 9.59 Å². The summed E-state index contributed by atoms with van der Waals surface area (Å²) in [6, 6.07) is 18.5. The number of anilines is 1. The summed E-state index contributed by atoms with van der Waals surface area (Å²) in [5, 5.41) is 3.40. The van der Waals surface area contributed by atoms with Gasteiger partial charge >= 0.3 is 6.03 Å². The van der Waals surface area contributed by atoms with Crippen LogP contribution in [0.15, 0.2) is 77.3 Å². The molecule has 1 aliphatic heterocycles. The Morgan fingerprint density at radius 2 is 1.58 bits per heavy atom. The molecule has 1 heterocycles. The van der Waals surface area contributed by atoms with Crippen LogP contribution in [0.25, 0.3) is 0 Å². The van der Waals surface area contributed by atoms with Gasteiger partial charge in [0.1, 0.15) is 5.92 Å². The van der Waals surface area contributed by atoms with E-state index < -0.39 is 29.7 Å². The molecule has 3 amide bonds. The largest absolute Gasteiger partial charge is 0.329 e. The fraction of sp³-hybridized carbons (Fsp3) is 0.0870. The molecule has 31 heavy (non-hydrogen) atoms. The Bertz CT molecular complexity index is 1170. The van der Waals surface area contributed by atoms with Gasteiger partial charge in [0.15, 0.2) is 5.78 Å². The zero-order valence-corrected chi connectivity index (χ0v) is 19.0. The van der Waals surface area contributed by atoms with E-state index in [-0.39, 0.29) is 5.02 Å². The Morgan fingerprint density at radius 1 is 0.903 bits per heavy atom. The van der Waals surface area contributed by atoms with Gasteiger partial charge in [-0.25, -0.2) is 9.69 Å². The molecule has 1 saturated heterocycles. The number of carbonyl (C=O) groups excluding carboxylic acids is 3. The summed E-state index contributed by atoms with van der Waals surface area (Å²) in [4.78, 5) is 40.9. The van der Waals surface area contributed by atoms with Crippen LogP contribution in [0.5, 0.6) is 0 Å². The normalized spacial score (nSPS) is 18.6. The SMILES string of the molecule is O=C(c1ccc(Br)cc1)[C@H]1C(=O)N(c2ccccc2)C(=O)N[C@H]1c1ccc(Cl)c(Cl)c1. The molecule has 0 radical (unpaired) electrons. The molecular weight excluding hydrogens is 503 g/mol. The number of para-hydroxylation sites is 1. The molecule has 1 N–H and O–H groups in total. The lowest BCUT2D eigenvalue weighted by Gasteiger charge is -2.37. The first-order chi connectivity index (χ1) is 14.9. The molecule has 0 saturated carbocycles. The molecule has 8 heteroatoms. The maximum atomic E-state index is 13.5. The Balaban J connectivity index is 1.81. The van der Waals surface area contributed by atoms with E-state index in [2.05, 4.69) is 21.2 Å². The summed E-state index contributed by atoms with van der Waals surface area (Å²) in [6.45, 7) is 0. The zero-order chi connectivity index (χ0) is 22.1. The standard InChI is InChI=1S/C23H15BrCl2N2O3/c24-15-9-6-13(7-10-15)21(29)19-20(14-8-11-17(25)18(26)12-14)27-23(31)28(22(19)30)16-4-2-1-3-5-16/h1-12,19-20H,(H,27,31)/t19-,20-/m0/s1. The Kier molecular flexibility index (Phi) is 6.14. The number of hydrogen-bond acceptors (Lipinski definition) is 3. The van der Waals surface area contributed by atoms with E-state index in [1.165, 1.54) is 0 Å². The van der Waals surface area contributed by atoms with Gasteiger partial charge in [0.05, 0.1) is 21.8 Å². The average molecular weight is 518 g/mol. The fourth-order valence-corrected chi connectivity index (χ4v) is 4.09. The van der Waals surface area contributed by atoms with Crippen LogP contribution < -0.4 is 10.2 Å². The van der Waals surface area contributed by atoms with Crippen molar-refractivity contribution in [3.05, 3.63) is 98.4 Å². The first-order valence-corrected chi connectivity index (χ1v) is 10.9. The number of hydrogen-bond donors (Lipinski definition) is 1. The third-order valence-electron chi connectivity index (χ3n) is 5.03. The summed E-state index contributed by atoms with van der Waals surface area (Å²) in [6.07, 6.45) is 0. The number of carbonyl (C=O) groups is 3. The van der Waals surface area contributed by atoms with Gasteiger partial charge in [-0.1, -0.05) is 75.5 Å². The fourth-order valence-electron chi connectivity index (χ4n) is 3.52. The van der Waals surface area contributed by atoms with E-state index in [9.17, 15) is 14.4 Å². The molecule has 2 atom stereocenters. The summed E-state index contributed by atoms with van der Waals surface area (Å²) in [5.41, 5.74) is 1.25. The predicted molar refractivity (Wildman–Crippen MR) is 124 cm³/mol. The van der Waals surface area contributed by atoms with Crippen LogP contribution in [-0.4, -0.2) is 17.7 Å². The predicted octanol–water partition coefficient (Wildman–Crippen LogP) is 6.05. The maximum Gasteiger partial charge on any atom is 0.329 e. The molecule has 0 bridgehead atoms. The Morgan fingerprint density at radius 3 is 2.23 bits per heavy atom. The minimum atomic E-state index is -1.18. The van der Waals surface area contributed by atoms with Crippen molar-refractivity contribution in [3.8, 4) is 0 Å². The van der Waals surface area contributed by atoms with E-state index in [4.69, 9.17) is 23.2 Å². The minimum absolute atomic E-state index is 0.265. The lowest BCUT2D eigenvalue weighted by molar-refractivity contribution is -0.121. The number of rotatable bonds is 4. The van der Waals surface area contributed by atoms with Gasteiger partial charge in [-0.2, -0.15) is 0 Å². The monoisotopic (exact) mass is 516 g/mol. The van der Waals surface area contributed by atoms with Crippen molar-refractivity contribution in [1.29, 1.82) is 0 Å². The molecule has 3 aromatic rings. The number of halogens is 3. The molecule has 3 aromatic carbocycles. The molecule has 0 aliphatic carbocycles. The third kappa shape index (κ3) is 4.24. The number of ketones is 1. The summed E-state index contributed by atoms with van der Waals surface area (Å²) in [5.74, 6) is -2.20. The number of amides is 3. The topological polar surface area (TPSA) is 66.5 Å². The second-order valence-electron chi connectivity index (χ2n) is 6.96. The van der Waals surface area contributed by atoms with E-state index >= 15 is 0 Å². The van der Waals surface area contributed by atoms with Crippen LogP contribution in [-0.2, 0) is 4.79 Å². The highest BCUT2D eigenvalue weighted by atomic mass is 79.9. The number of urea groups is 1. The van der Waals surface area contributed by atoms with E-state index in [1.807, 2.05) is 0 Å². The van der Waals surface area contributed by atoms with Gasteiger partial charge in [0.2, 0.25) is 5.91 Å². The van der Waals surface area contributed by atoms with E-state index in [0.717, 1.165) is 9.37 Å². The number of nitrogens with one attached hydrogen (secondary N) is 1. The first kappa shape index (κ1) is 21.6. The van der Waals surface area contributed by atoms with Crippen molar-refractivity contribution in [3.63, 3.8) is 0 Å². The van der Waals surface area contributed by atoms with Gasteiger partial charge in [-0.05, 0) is 42.0 Å². The third-order valence-corrected chi connectivity index (χ3v) is 6.30. The van der Waals surface area contributed by atoms with Crippen LogP contribution in [0, 0.1) is 5.92 Å². The lowest BCUT2D eigenvalue weighted by atomic mass is 9.84. The molecule has 0 spiro atoms. The zero-order valence-electron chi connectivity index (χ0n) is 15.9. The molecule has 0 unspecified atom stereocenters. The lowest BCUT2D eigenvalue weighted by Crippen LogP contribution is -2.58. The highest BCUT2D eigenvalue weighted by molar-refractivity contribution is 9.10. The van der Waals surface area contributed by atoms with Gasteiger partial charge in [0.25, 0.3) is 0 Å². The van der Waals surface area contributed by atoms with Crippen molar-refractivity contribution in [2.45, 2.75) is 6.04 Å². The van der Waals surface area contributed by atoms with Gasteiger partial charge < -0.3 is 5.32 Å². The molecule has 1 aliphatic rings. The van der Waals surface area contributed by atoms with Crippen molar-refractivity contribution >= 4 is 62.5 Å². The Hall–Kier alpha value is -2.67. The maximum absolute atomic E-state index is 13.5. The van der Waals surface area contributed by atoms with Crippen LogP contribution in [0.1, 0.15) is 22.0 Å². The van der Waals surface area contributed by atoms with Crippen LogP contribution >= 0.6 is 39.1 Å². The average Bonchev–Trinajstić information content (AvgIpc) is 2.76. The van der Waals surface area contributed by atoms with E-state index in [0.29, 0.717) is 21.8 Å². The molecule has 0 aromatic heterocycles. The molecule has 4 rings (SSSR count). The van der Waals surface area contributed by atoms with Crippen molar-refractivity contribution in [1.82, 2.24) is 5.32 Å². The second-order valence-corrected chi connectivity index (χ2v) is 8.69. The molecular formula is C23H15BrCl2N2O3. The van der Waals surface area contributed by atoms with Crippen molar-refractivity contribution < 1.29 is 14.4 Å². The first-order valence-electron chi connectivity index (χ1n) is 9.31. The van der Waals surface area contributed by atoms with E-state index in [1.54, 1.807) is 72.8 Å². The van der Waals surface area contributed by atoms with Gasteiger partial charge in [0, 0.05) is 10.0 Å². The van der Waals surface area contributed by atoms with Crippen molar-refractivity contribution in [2.75, 3.05) is 4.90 Å². The second kappa shape index (κ2) is 8.83.